The fourth-order valence-electron chi connectivity index (χ4n) is 6.56. The van der Waals surface area contributed by atoms with Crippen LogP contribution >= 0.6 is 0 Å². The predicted molar refractivity (Wildman–Crippen MR) is 149 cm³/mol. The van der Waals surface area contributed by atoms with E-state index >= 15 is 0 Å². The number of likely N-dealkylation sites (tertiary alicyclic amines) is 1. The van der Waals surface area contributed by atoms with Crippen LogP contribution in [0.25, 0.3) is 0 Å². The van der Waals surface area contributed by atoms with Crippen LogP contribution in [0.1, 0.15) is 48.2 Å². The van der Waals surface area contributed by atoms with E-state index in [1.165, 1.54) is 11.1 Å². The quantitative estimate of drug-likeness (QED) is 0.464. The van der Waals surface area contributed by atoms with Crippen molar-refractivity contribution in [1.82, 2.24) is 20.0 Å². The molecule has 2 amide bonds. The molecule has 0 bridgehead atoms. The summed E-state index contributed by atoms with van der Waals surface area (Å²) in [4.78, 5) is 15.7. The van der Waals surface area contributed by atoms with E-state index in [4.69, 9.17) is 9.47 Å². The summed E-state index contributed by atoms with van der Waals surface area (Å²) >= 11 is 0. The number of ether oxygens (including phenoxy) is 2. The van der Waals surface area contributed by atoms with Crippen LogP contribution in [0.5, 0.6) is 11.5 Å². The molecule has 1 aliphatic carbocycles. The Morgan fingerprint density at radius 1 is 1.08 bits per heavy atom. The van der Waals surface area contributed by atoms with Crippen molar-refractivity contribution in [2.24, 2.45) is 7.05 Å². The number of benzene rings is 2. The molecule has 3 aromatic rings. The van der Waals surface area contributed by atoms with Crippen molar-refractivity contribution in [3.05, 3.63) is 71.0 Å². The minimum absolute atomic E-state index is 0.000482. The zero-order valence-electron chi connectivity index (χ0n) is 23.1. The number of nitrogens with one attached hydrogen (secondary N) is 2. The van der Waals surface area contributed by atoms with Gasteiger partial charge < -0.3 is 20.1 Å². The van der Waals surface area contributed by atoms with Gasteiger partial charge in [-0.2, -0.15) is 5.10 Å². The second-order valence-corrected chi connectivity index (χ2v) is 10.7. The highest BCUT2D eigenvalue weighted by Crippen LogP contribution is 2.50. The molecule has 8 heteroatoms. The Morgan fingerprint density at radius 2 is 1.84 bits per heavy atom. The lowest BCUT2D eigenvalue weighted by molar-refractivity contribution is 0.131. The average Bonchev–Trinajstić information content (AvgIpc) is 3.40. The lowest BCUT2D eigenvalue weighted by Gasteiger charge is -2.45. The van der Waals surface area contributed by atoms with Crippen LogP contribution in [0.4, 0.5) is 10.5 Å². The first-order valence-corrected chi connectivity index (χ1v) is 13.4. The summed E-state index contributed by atoms with van der Waals surface area (Å²) in [7, 11) is 5.26. The van der Waals surface area contributed by atoms with E-state index in [2.05, 4.69) is 63.1 Å². The minimum atomic E-state index is -0.166. The Hall–Kier alpha value is -3.52. The van der Waals surface area contributed by atoms with Gasteiger partial charge in [-0.1, -0.05) is 36.4 Å². The van der Waals surface area contributed by atoms with Gasteiger partial charge in [-0.15, -0.1) is 0 Å². The van der Waals surface area contributed by atoms with E-state index in [1.54, 1.807) is 18.9 Å². The number of nitrogens with zero attached hydrogens (tertiary/aromatic N) is 3. The zero-order chi connectivity index (χ0) is 26.9. The topological polar surface area (TPSA) is 80.7 Å². The Labute approximate surface area is 225 Å². The predicted octanol–water partition coefficient (Wildman–Crippen LogP) is 4.94. The highest BCUT2D eigenvalue weighted by atomic mass is 16.5. The first kappa shape index (κ1) is 26.1. The van der Waals surface area contributed by atoms with Crippen LogP contribution in [0.15, 0.2) is 48.5 Å². The van der Waals surface area contributed by atoms with Crippen molar-refractivity contribution < 1.29 is 14.3 Å². The maximum atomic E-state index is 13.1. The Balaban J connectivity index is 1.39. The van der Waals surface area contributed by atoms with Crippen molar-refractivity contribution in [3.63, 3.8) is 0 Å². The van der Waals surface area contributed by atoms with Gasteiger partial charge in [0.25, 0.3) is 0 Å². The SMILES string of the molecule is COc1ccc([C@@]23CC[C@@H](NC(=O)Nc4c(C)nn(C)c4C)C[C@@H]2N(Cc2ccccc2)CC3)cc1OC. The molecule has 2 N–H and O–H groups in total. The van der Waals surface area contributed by atoms with Crippen LogP contribution < -0.4 is 20.1 Å². The van der Waals surface area contributed by atoms with Gasteiger partial charge in [0.2, 0.25) is 0 Å². The van der Waals surface area contributed by atoms with Gasteiger partial charge in [0, 0.05) is 31.1 Å². The van der Waals surface area contributed by atoms with E-state index in [0.29, 0.717) is 6.04 Å². The van der Waals surface area contributed by atoms with Gasteiger partial charge in [-0.3, -0.25) is 9.58 Å². The van der Waals surface area contributed by atoms with Crippen molar-refractivity contribution in [2.75, 3.05) is 26.1 Å². The monoisotopic (exact) mass is 517 g/mol. The highest BCUT2D eigenvalue weighted by molar-refractivity contribution is 5.90. The number of aromatic nitrogens is 2. The fourth-order valence-corrected chi connectivity index (χ4v) is 6.56. The number of fused-ring (bicyclic) bond motifs is 1. The second kappa shape index (κ2) is 10.7. The average molecular weight is 518 g/mol. The van der Waals surface area contributed by atoms with E-state index in [-0.39, 0.29) is 17.5 Å². The maximum absolute atomic E-state index is 13.1. The summed E-state index contributed by atoms with van der Waals surface area (Å²) in [5, 5.41) is 10.7. The fraction of sp³-hybridized carbons (Fsp3) is 0.467. The van der Waals surface area contributed by atoms with Gasteiger partial charge in [-0.25, -0.2) is 4.79 Å². The standard InChI is InChI=1S/C30H39N5O3/c1-20-28(21(2)34(3)33-20)32-29(36)31-24-13-14-30(23-11-12-25(37-4)26(17-23)38-5)15-16-35(27(30)18-24)19-22-9-7-6-8-10-22/h6-12,17,24,27H,13-16,18-19H2,1-5H3,(H2,31,32,36)/t24-,27+,30+/m1/s1. The van der Waals surface area contributed by atoms with Gasteiger partial charge in [0.15, 0.2) is 11.5 Å². The molecular weight excluding hydrogens is 478 g/mol. The third kappa shape index (κ3) is 4.85. The molecule has 3 atom stereocenters. The van der Waals surface area contributed by atoms with Crippen LogP contribution in [-0.2, 0) is 19.0 Å². The summed E-state index contributed by atoms with van der Waals surface area (Å²) in [6.45, 7) is 5.79. The molecule has 5 rings (SSSR count). The number of hydrogen-bond acceptors (Lipinski definition) is 5. The molecule has 202 valence electrons. The molecule has 0 spiro atoms. The first-order chi connectivity index (χ1) is 18.3. The molecule has 0 radical (unpaired) electrons. The number of rotatable bonds is 7. The Bertz CT molecular complexity index is 1290. The van der Waals surface area contributed by atoms with E-state index in [0.717, 1.165) is 67.3 Å². The smallest absolute Gasteiger partial charge is 0.319 e. The molecule has 1 aromatic heterocycles. The molecular formula is C30H39N5O3. The lowest BCUT2D eigenvalue weighted by Crippen LogP contribution is -2.52. The summed E-state index contributed by atoms with van der Waals surface area (Å²) in [5.74, 6) is 1.51. The normalized spacial score (nSPS) is 23.1. The summed E-state index contributed by atoms with van der Waals surface area (Å²) < 4.78 is 13.0. The number of urea groups is 1. The number of anilines is 1. The third-order valence-corrected chi connectivity index (χ3v) is 8.64. The summed E-state index contributed by atoms with van der Waals surface area (Å²) in [6.07, 6.45) is 3.88. The van der Waals surface area contributed by atoms with Gasteiger partial charge in [-0.05, 0) is 69.3 Å². The van der Waals surface area contributed by atoms with Crippen molar-refractivity contribution in [3.8, 4) is 11.5 Å². The molecule has 0 unspecified atom stereocenters. The zero-order valence-corrected chi connectivity index (χ0v) is 23.1. The number of amides is 2. The first-order valence-electron chi connectivity index (χ1n) is 13.4. The van der Waals surface area contributed by atoms with E-state index in [9.17, 15) is 4.79 Å². The third-order valence-electron chi connectivity index (χ3n) is 8.64. The van der Waals surface area contributed by atoms with Crippen molar-refractivity contribution in [1.29, 1.82) is 0 Å². The van der Waals surface area contributed by atoms with Crippen LogP contribution in [0.2, 0.25) is 0 Å². The Kier molecular flexibility index (Phi) is 7.34. The number of carbonyl (C=O) groups is 1. The largest absolute Gasteiger partial charge is 0.493 e. The molecule has 2 fully saturated rings. The van der Waals surface area contributed by atoms with Crippen LogP contribution in [-0.4, -0.2) is 53.6 Å². The maximum Gasteiger partial charge on any atom is 0.319 e. The number of aryl methyl sites for hydroxylation is 2. The van der Waals surface area contributed by atoms with Crippen molar-refractivity contribution >= 4 is 11.7 Å². The Morgan fingerprint density at radius 3 is 2.53 bits per heavy atom. The molecule has 1 saturated carbocycles. The molecule has 38 heavy (non-hydrogen) atoms. The van der Waals surface area contributed by atoms with Gasteiger partial charge in [0.1, 0.15) is 0 Å². The molecule has 2 aromatic carbocycles. The summed E-state index contributed by atoms with van der Waals surface area (Å²) in [5.41, 5.74) is 5.15. The molecule has 2 heterocycles. The van der Waals surface area contributed by atoms with Gasteiger partial charge in [0.05, 0.1) is 31.3 Å². The van der Waals surface area contributed by atoms with E-state index in [1.807, 2.05) is 27.0 Å². The molecule has 2 aliphatic rings. The van der Waals surface area contributed by atoms with Gasteiger partial charge >= 0.3 is 6.03 Å². The minimum Gasteiger partial charge on any atom is -0.493 e. The van der Waals surface area contributed by atoms with Crippen LogP contribution in [0, 0.1) is 13.8 Å². The summed E-state index contributed by atoms with van der Waals surface area (Å²) in [6, 6.07) is 17.3. The molecule has 1 saturated heterocycles. The van der Waals surface area contributed by atoms with Crippen LogP contribution in [0.3, 0.4) is 0 Å². The highest BCUT2D eigenvalue weighted by Gasteiger charge is 2.51. The number of methoxy groups -OCH3 is 2. The molecule has 1 aliphatic heterocycles. The number of carbonyl (C=O) groups excluding carboxylic acids is 1. The molecule has 8 nitrogen and oxygen atoms in total. The number of hydrogen-bond donors (Lipinski definition) is 2. The van der Waals surface area contributed by atoms with E-state index < -0.39 is 0 Å². The second-order valence-electron chi connectivity index (χ2n) is 10.7. The van der Waals surface area contributed by atoms with Crippen molar-refractivity contribution in [2.45, 2.75) is 63.6 Å². The lowest BCUT2D eigenvalue weighted by atomic mass is 9.65.